The third-order valence-corrected chi connectivity index (χ3v) is 4.52. The molecule has 0 amide bonds. The second-order valence-corrected chi connectivity index (χ2v) is 6.86. The van der Waals surface area contributed by atoms with Crippen LogP contribution in [-0.2, 0) is 10.1 Å². The summed E-state index contributed by atoms with van der Waals surface area (Å²) in [6.07, 6.45) is 0. The molecule has 128 valence electrons. The molecule has 8 heteroatoms. The first-order valence-corrected chi connectivity index (χ1v) is 8.91. The van der Waals surface area contributed by atoms with Crippen molar-refractivity contribution in [3.63, 3.8) is 0 Å². The topological polar surface area (TPSA) is 96.9 Å². The van der Waals surface area contributed by atoms with Crippen LogP contribution < -0.4 is 0 Å². The van der Waals surface area contributed by atoms with Crippen molar-refractivity contribution in [2.45, 2.75) is 18.7 Å². The molecule has 0 saturated heterocycles. The monoisotopic (exact) mass is 356 g/mol. The third kappa shape index (κ3) is 3.65. The second-order valence-electron chi connectivity index (χ2n) is 5.44. The summed E-state index contributed by atoms with van der Waals surface area (Å²) >= 11 is 0. The zero-order chi connectivity index (χ0) is 18.0. The van der Waals surface area contributed by atoms with Gasteiger partial charge in [0.25, 0.3) is 10.1 Å². The van der Waals surface area contributed by atoms with E-state index < -0.39 is 10.1 Å². The summed E-state index contributed by atoms with van der Waals surface area (Å²) in [5.74, 6) is 0. The number of aryl methyl sites for hydroxylation is 1. The number of azo groups is 1. The van der Waals surface area contributed by atoms with Gasteiger partial charge in [-0.2, -0.15) is 18.6 Å². The van der Waals surface area contributed by atoms with Crippen LogP contribution in [0.5, 0.6) is 0 Å². The van der Waals surface area contributed by atoms with Gasteiger partial charge >= 0.3 is 0 Å². The minimum atomic E-state index is -4.22. The van der Waals surface area contributed by atoms with Crippen LogP contribution in [0.25, 0.3) is 5.69 Å². The Morgan fingerprint density at radius 3 is 2.20 bits per heavy atom. The predicted octanol–water partition coefficient (Wildman–Crippen LogP) is 4.15. The van der Waals surface area contributed by atoms with Crippen LogP contribution >= 0.6 is 0 Å². The first-order chi connectivity index (χ1) is 11.9. The van der Waals surface area contributed by atoms with Crippen LogP contribution in [0.2, 0.25) is 0 Å². The minimum Gasteiger partial charge on any atom is -0.282 e. The average molecular weight is 356 g/mol. The Hall–Kier alpha value is -2.84. The van der Waals surface area contributed by atoms with Crippen LogP contribution in [0.4, 0.5) is 11.4 Å². The van der Waals surface area contributed by atoms with E-state index >= 15 is 0 Å². The normalized spacial score (nSPS) is 12.0. The summed E-state index contributed by atoms with van der Waals surface area (Å²) in [6, 6.07) is 15.2. The number of hydrogen-bond donors (Lipinski definition) is 1. The smallest absolute Gasteiger partial charge is 0.282 e. The van der Waals surface area contributed by atoms with E-state index in [9.17, 15) is 8.42 Å². The molecule has 0 aliphatic carbocycles. The molecule has 2 aromatic carbocycles. The highest BCUT2D eigenvalue weighted by Gasteiger charge is 2.14. The maximum atomic E-state index is 11.1. The summed E-state index contributed by atoms with van der Waals surface area (Å²) in [4.78, 5) is -0.165. The van der Waals surface area contributed by atoms with Gasteiger partial charge in [0.05, 0.1) is 27.7 Å². The van der Waals surface area contributed by atoms with E-state index in [1.807, 2.05) is 44.2 Å². The van der Waals surface area contributed by atoms with Gasteiger partial charge in [-0.05, 0) is 50.2 Å². The van der Waals surface area contributed by atoms with Crippen LogP contribution in [0.15, 0.2) is 69.7 Å². The number of hydrogen-bond acceptors (Lipinski definition) is 5. The van der Waals surface area contributed by atoms with Crippen molar-refractivity contribution < 1.29 is 13.0 Å². The average Bonchev–Trinajstić information content (AvgIpc) is 2.87. The molecule has 0 fully saturated rings. The standard InChI is InChI=1S/C17H16N4O3S/c1-12-17(19-18-14-6-4-3-5-7-14)13(2)21(20-12)15-8-10-16(11-9-15)25(22,23)24/h3-11H,1-2H3,(H,22,23,24)/b19-18+. The molecule has 7 nitrogen and oxygen atoms in total. The van der Waals surface area contributed by atoms with E-state index in [1.165, 1.54) is 12.1 Å². The Morgan fingerprint density at radius 1 is 0.960 bits per heavy atom. The maximum absolute atomic E-state index is 11.1. The van der Waals surface area contributed by atoms with Crippen molar-refractivity contribution in [2.75, 3.05) is 0 Å². The number of rotatable bonds is 4. The fraction of sp³-hybridized carbons (Fsp3) is 0.118. The molecule has 1 N–H and O–H groups in total. The Labute approximate surface area is 145 Å². The molecule has 0 spiro atoms. The van der Waals surface area contributed by atoms with Crippen molar-refractivity contribution in [3.05, 3.63) is 66.0 Å². The summed E-state index contributed by atoms with van der Waals surface area (Å²) < 4.78 is 33.0. The molecule has 3 rings (SSSR count). The molecular weight excluding hydrogens is 340 g/mol. The first-order valence-electron chi connectivity index (χ1n) is 7.47. The van der Waals surface area contributed by atoms with Gasteiger partial charge in [-0.25, -0.2) is 4.68 Å². The van der Waals surface area contributed by atoms with Gasteiger partial charge in [-0.3, -0.25) is 4.55 Å². The quantitative estimate of drug-likeness (QED) is 0.561. The van der Waals surface area contributed by atoms with E-state index in [0.29, 0.717) is 17.1 Å². The minimum absolute atomic E-state index is 0.165. The van der Waals surface area contributed by atoms with Crippen LogP contribution in [0.1, 0.15) is 11.4 Å². The van der Waals surface area contributed by atoms with E-state index in [4.69, 9.17) is 4.55 Å². The van der Waals surface area contributed by atoms with Crippen molar-refractivity contribution in [1.82, 2.24) is 9.78 Å². The SMILES string of the molecule is Cc1nn(-c2ccc(S(=O)(=O)O)cc2)c(C)c1/N=N/c1ccccc1. The van der Waals surface area contributed by atoms with Crippen LogP contribution in [-0.4, -0.2) is 22.8 Å². The Morgan fingerprint density at radius 2 is 1.60 bits per heavy atom. The van der Waals surface area contributed by atoms with Crippen molar-refractivity contribution in [2.24, 2.45) is 10.2 Å². The number of aromatic nitrogens is 2. The summed E-state index contributed by atoms with van der Waals surface area (Å²) in [5, 5.41) is 12.9. The number of benzene rings is 2. The van der Waals surface area contributed by atoms with Gasteiger partial charge in [-0.15, -0.1) is 5.11 Å². The molecule has 0 aliphatic rings. The molecule has 0 bridgehead atoms. The third-order valence-electron chi connectivity index (χ3n) is 3.65. The van der Waals surface area contributed by atoms with Gasteiger partial charge in [-0.1, -0.05) is 18.2 Å². The Bertz CT molecular complexity index is 1020. The lowest BCUT2D eigenvalue weighted by atomic mass is 10.3. The van der Waals surface area contributed by atoms with E-state index in [0.717, 1.165) is 11.4 Å². The highest BCUT2D eigenvalue weighted by Crippen LogP contribution is 2.28. The van der Waals surface area contributed by atoms with Gasteiger partial charge in [0, 0.05) is 0 Å². The van der Waals surface area contributed by atoms with Crippen LogP contribution in [0.3, 0.4) is 0 Å². The molecule has 1 heterocycles. The van der Waals surface area contributed by atoms with Gasteiger partial charge < -0.3 is 0 Å². The highest BCUT2D eigenvalue weighted by molar-refractivity contribution is 7.85. The zero-order valence-corrected chi connectivity index (χ0v) is 14.5. The maximum Gasteiger partial charge on any atom is 0.294 e. The molecule has 1 aromatic heterocycles. The molecular formula is C17H16N4O3S. The summed E-state index contributed by atoms with van der Waals surface area (Å²) in [5.41, 5.74) is 3.54. The summed E-state index contributed by atoms with van der Waals surface area (Å²) in [7, 11) is -4.22. The fourth-order valence-corrected chi connectivity index (χ4v) is 2.87. The van der Waals surface area contributed by atoms with Gasteiger partial charge in [0.1, 0.15) is 5.69 Å². The lowest BCUT2D eigenvalue weighted by Gasteiger charge is -2.05. The van der Waals surface area contributed by atoms with E-state index in [1.54, 1.807) is 16.8 Å². The van der Waals surface area contributed by atoms with Crippen molar-refractivity contribution in [1.29, 1.82) is 0 Å². The van der Waals surface area contributed by atoms with E-state index in [2.05, 4.69) is 15.3 Å². The predicted molar refractivity (Wildman–Crippen MR) is 93.5 cm³/mol. The van der Waals surface area contributed by atoms with Crippen molar-refractivity contribution in [3.8, 4) is 5.69 Å². The largest absolute Gasteiger partial charge is 0.294 e. The zero-order valence-electron chi connectivity index (χ0n) is 13.7. The molecule has 0 aliphatic heterocycles. The molecule has 0 atom stereocenters. The lowest BCUT2D eigenvalue weighted by molar-refractivity contribution is 0.483. The summed E-state index contributed by atoms with van der Waals surface area (Å²) in [6.45, 7) is 3.69. The highest BCUT2D eigenvalue weighted by atomic mass is 32.2. The second kappa shape index (κ2) is 6.58. The van der Waals surface area contributed by atoms with Gasteiger partial charge in [0.2, 0.25) is 0 Å². The Kier molecular flexibility index (Phi) is 4.47. The fourth-order valence-electron chi connectivity index (χ4n) is 2.39. The lowest BCUT2D eigenvalue weighted by Crippen LogP contribution is -2.01. The molecule has 0 saturated carbocycles. The Balaban J connectivity index is 1.96. The molecule has 0 radical (unpaired) electrons. The van der Waals surface area contributed by atoms with E-state index in [-0.39, 0.29) is 4.90 Å². The molecule has 3 aromatic rings. The first kappa shape index (κ1) is 17.0. The van der Waals surface area contributed by atoms with Crippen LogP contribution in [0, 0.1) is 13.8 Å². The molecule has 0 unspecified atom stereocenters. The molecule has 25 heavy (non-hydrogen) atoms. The van der Waals surface area contributed by atoms with Crippen molar-refractivity contribution >= 4 is 21.5 Å². The van der Waals surface area contributed by atoms with Gasteiger partial charge in [0.15, 0.2) is 0 Å². The number of nitrogens with zero attached hydrogens (tertiary/aromatic N) is 4.